The summed E-state index contributed by atoms with van der Waals surface area (Å²) in [6.45, 7) is 0.933. The zero-order valence-corrected chi connectivity index (χ0v) is 14.5. The molecule has 1 fully saturated rings. The lowest BCUT2D eigenvalue weighted by Crippen LogP contribution is -2.39. The molecular formula is C19H23NO5. The number of benzene rings is 1. The fourth-order valence-corrected chi connectivity index (χ4v) is 3.25. The number of aliphatic hydroxyl groups excluding tert-OH is 1. The van der Waals surface area contributed by atoms with Crippen LogP contribution in [0.5, 0.6) is 5.75 Å². The van der Waals surface area contributed by atoms with Gasteiger partial charge >= 0.3 is 0 Å². The number of methoxy groups -OCH3 is 2. The lowest BCUT2D eigenvalue weighted by molar-refractivity contribution is 0.0456. The van der Waals surface area contributed by atoms with E-state index in [0.29, 0.717) is 18.9 Å². The molecule has 3 rings (SSSR count). The second-order valence-corrected chi connectivity index (χ2v) is 6.13. The summed E-state index contributed by atoms with van der Waals surface area (Å²) in [5.74, 6) is 1.42. The molecule has 2 heterocycles. The van der Waals surface area contributed by atoms with Gasteiger partial charge < -0.3 is 23.9 Å². The third-order valence-electron chi connectivity index (χ3n) is 4.54. The van der Waals surface area contributed by atoms with Crippen LogP contribution in [0.25, 0.3) is 0 Å². The van der Waals surface area contributed by atoms with Crippen LogP contribution in [0.1, 0.15) is 40.8 Å². The van der Waals surface area contributed by atoms with Crippen molar-refractivity contribution < 1.29 is 23.8 Å². The summed E-state index contributed by atoms with van der Waals surface area (Å²) in [6.07, 6.45) is 0.866. The van der Waals surface area contributed by atoms with E-state index in [1.165, 1.54) is 0 Å². The summed E-state index contributed by atoms with van der Waals surface area (Å²) in [5.41, 5.74) is 0.769. The molecule has 1 saturated heterocycles. The third-order valence-corrected chi connectivity index (χ3v) is 4.54. The predicted octanol–water partition coefficient (Wildman–Crippen LogP) is 2.77. The number of aliphatic hydroxyl groups is 1. The molecule has 0 saturated carbocycles. The summed E-state index contributed by atoms with van der Waals surface area (Å²) in [5, 5.41) is 10.8. The van der Waals surface area contributed by atoms with Crippen LogP contribution in [0, 0.1) is 0 Å². The van der Waals surface area contributed by atoms with Gasteiger partial charge in [0.2, 0.25) is 0 Å². The van der Waals surface area contributed by atoms with Crippen molar-refractivity contribution in [3.8, 4) is 5.75 Å². The second-order valence-electron chi connectivity index (χ2n) is 6.13. The highest BCUT2D eigenvalue weighted by molar-refractivity contribution is 5.92. The number of nitrogens with zero attached hydrogens (tertiary/aromatic N) is 1. The van der Waals surface area contributed by atoms with Crippen LogP contribution in [-0.2, 0) is 11.3 Å². The summed E-state index contributed by atoms with van der Waals surface area (Å²) >= 11 is 0. The zero-order chi connectivity index (χ0) is 17.8. The minimum atomic E-state index is -0.745. The van der Waals surface area contributed by atoms with Crippen molar-refractivity contribution in [3.63, 3.8) is 0 Å². The van der Waals surface area contributed by atoms with E-state index in [1.54, 1.807) is 31.3 Å². The van der Waals surface area contributed by atoms with E-state index in [1.807, 2.05) is 24.3 Å². The highest BCUT2D eigenvalue weighted by Crippen LogP contribution is 2.31. The molecule has 1 aliphatic heterocycles. The van der Waals surface area contributed by atoms with E-state index in [9.17, 15) is 9.90 Å². The molecule has 1 N–H and O–H groups in total. The van der Waals surface area contributed by atoms with Crippen molar-refractivity contribution >= 4 is 5.91 Å². The van der Waals surface area contributed by atoms with E-state index in [0.717, 1.165) is 24.2 Å². The summed E-state index contributed by atoms with van der Waals surface area (Å²) in [4.78, 5) is 14.5. The average Bonchev–Trinajstić information content (AvgIpc) is 3.30. The average molecular weight is 345 g/mol. The van der Waals surface area contributed by atoms with Crippen molar-refractivity contribution in [1.82, 2.24) is 4.90 Å². The topological polar surface area (TPSA) is 72.1 Å². The molecule has 0 unspecified atom stereocenters. The largest absolute Gasteiger partial charge is 0.497 e. The smallest absolute Gasteiger partial charge is 0.289 e. The maximum atomic E-state index is 12.8. The van der Waals surface area contributed by atoms with E-state index >= 15 is 0 Å². The highest BCUT2D eigenvalue weighted by atomic mass is 16.5. The normalized spacial score (nSPS) is 18.4. The van der Waals surface area contributed by atoms with Crippen molar-refractivity contribution in [2.75, 3.05) is 20.8 Å². The van der Waals surface area contributed by atoms with Crippen molar-refractivity contribution in [2.24, 2.45) is 0 Å². The van der Waals surface area contributed by atoms with Gasteiger partial charge in [0, 0.05) is 13.7 Å². The van der Waals surface area contributed by atoms with Gasteiger partial charge in [-0.1, -0.05) is 12.1 Å². The van der Waals surface area contributed by atoms with Gasteiger partial charge in [-0.2, -0.15) is 0 Å². The van der Waals surface area contributed by atoms with Gasteiger partial charge in [0.25, 0.3) is 5.91 Å². The highest BCUT2D eigenvalue weighted by Gasteiger charge is 2.36. The molecule has 1 aromatic heterocycles. The van der Waals surface area contributed by atoms with Crippen LogP contribution >= 0.6 is 0 Å². The van der Waals surface area contributed by atoms with E-state index in [2.05, 4.69) is 0 Å². The molecule has 0 bridgehead atoms. The number of hydrogen-bond donors (Lipinski definition) is 1. The summed E-state index contributed by atoms with van der Waals surface area (Å²) in [7, 11) is 3.18. The van der Waals surface area contributed by atoms with Gasteiger partial charge in [0.1, 0.15) is 18.1 Å². The Morgan fingerprint density at radius 3 is 2.72 bits per heavy atom. The Labute approximate surface area is 147 Å². The van der Waals surface area contributed by atoms with Gasteiger partial charge in [0.15, 0.2) is 5.76 Å². The number of likely N-dealkylation sites (tertiary alicyclic amines) is 1. The molecule has 6 nitrogen and oxygen atoms in total. The minimum Gasteiger partial charge on any atom is -0.497 e. The SMILES string of the molecule is COCc1ccc(C(=O)N2CCC[C@H]2[C@@H](O)c2ccc(OC)cc2)o1. The number of carbonyl (C=O) groups excluding carboxylic acids is 1. The predicted molar refractivity (Wildman–Crippen MR) is 91.4 cm³/mol. The van der Waals surface area contributed by atoms with Crippen molar-refractivity contribution in [1.29, 1.82) is 0 Å². The van der Waals surface area contributed by atoms with Crippen LogP contribution in [0.15, 0.2) is 40.8 Å². The van der Waals surface area contributed by atoms with Gasteiger partial charge in [0.05, 0.1) is 19.3 Å². The Balaban J connectivity index is 1.75. The fourth-order valence-electron chi connectivity index (χ4n) is 3.25. The van der Waals surface area contributed by atoms with Crippen LogP contribution in [0.3, 0.4) is 0 Å². The molecule has 1 amide bonds. The quantitative estimate of drug-likeness (QED) is 0.872. The number of furan rings is 1. The molecule has 2 atom stereocenters. The first-order valence-electron chi connectivity index (χ1n) is 8.34. The van der Waals surface area contributed by atoms with Gasteiger partial charge in [-0.05, 0) is 42.7 Å². The Morgan fingerprint density at radius 1 is 1.28 bits per heavy atom. The molecular weight excluding hydrogens is 322 g/mol. The Hall–Kier alpha value is -2.31. The Kier molecular flexibility index (Phi) is 5.40. The fraction of sp³-hybridized carbons (Fsp3) is 0.421. The van der Waals surface area contributed by atoms with Crippen LogP contribution in [0.2, 0.25) is 0 Å². The first-order chi connectivity index (χ1) is 12.1. The van der Waals surface area contributed by atoms with Crippen LogP contribution in [0.4, 0.5) is 0 Å². The first-order valence-corrected chi connectivity index (χ1v) is 8.34. The molecule has 1 aromatic carbocycles. The Morgan fingerprint density at radius 2 is 2.04 bits per heavy atom. The zero-order valence-electron chi connectivity index (χ0n) is 14.5. The maximum absolute atomic E-state index is 12.8. The van der Waals surface area contributed by atoms with Crippen LogP contribution < -0.4 is 4.74 Å². The van der Waals surface area contributed by atoms with Gasteiger partial charge in [-0.3, -0.25) is 4.79 Å². The van der Waals surface area contributed by atoms with Gasteiger partial charge in [-0.15, -0.1) is 0 Å². The van der Waals surface area contributed by atoms with Crippen molar-refractivity contribution in [2.45, 2.75) is 31.6 Å². The third kappa shape index (κ3) is 3.70. The molecule has 134 valence electrons. The lowest BCUT2D eigenvalue weighted by atomic mass is 10.00. The molecule has 2 aromatic rings. The van der Waals surface area contributed by atoms with E-state index in [4.69, 9.17) is 13.9 Å². The molecule has 1 aliphatic rings. The monoisotopic (exact) mass is 345 g/mol. The number of rotatable bonds is 6. The van der Waals surface area contributed by atoms with E-state index < -0.39 is 6.10 Å². The summed E-state index contributed by atoms with van der Waals surface area (Å²) in [6, 6.07) is 10.4. The molecule has 0 spiro atoms. The maximum Gasteiger partial charge on any atom is 0.289 e. The molecule has 0 aliphatic carbocycles. The Bertz CT molecular complexity index is 709. The molecule has 6 heteroatoms. The number of hydrogen-bond acceptors (Lipinski definition) is 5. The number of amides is 1. The van der Waals surface area contributed by atoms with E-state index in [-0.39, 0.29) is 17.7 Å². The first kappa shape index (κ1) is 17.5. The second kappa shape index (κ2) is 7.72. The lowest BCUT2D eigenvalue weighted by Gasteiger charge is -2.28. The molecule has 25 heavy (non-hydrogen) atoms. The number of carbonyl (C=O) groups is 1. The van der Waals surface area contributed by atoms with Crippen molar-refractivity contribution in [3.05, 3.63) is 53.5 Å². The number of ether oxygens (including phenoxy) is 2. The van der Waals surface area contributed by atoms with Crippen LogP contribution in [-0.4, -0.2) is 42.7 Å². The minimum absolute atomic E-state index is 0.197. The summed E-state index contributed by atoms with van der Waals surface area (Å²) < 4.78 is 15.7. The molecule has 0 radical (unpaired) electrons. The van der Waals surface area contributed by atoms with Gasteiger partial charge in [-0.25, -0.2) is 0 Å². The standard InChI is InChI=1S/C19H23NO5/c1-23-12-15-9-10-17(25-15)19(22)20-11-3-4-16(20)18(21)13-5-7-14(24-2)8-6-13/h5-10,16,18,21H,3-4,11-12H2,1-2H3/t16-,18-/m0/s1.